The van der Waals surface area contributed by atoms with Crippen LogP contribution in [-0.2, 0) is 4.74 Å². The molecule has 2 aliphatic rings. The van der Waals surface area contributed by atoms with E-state index in [1.807, 2.05) is 13.8 Å². The average molecular weight is 260 g/mol. The molecule has 0 aromatic carbocycles. The minimum absolute atomic E-state index is 0.700. The van der Waals surface area contributed by atoms with Crippen LogP contribution >= 0.6 is 11.9 Å². The summed E-state index contributed by atoms with van der Waals surface area (Å²) in [7, 11) is 2.22. The number of hydrogen-bond donors (Lipinski definition) is 0. The molecule has 4 heteroatoms. The topological polar surface area (TPSA) is 15.7 Å². The SMILES string of the molecule is CC.CC1CN(SC2CCOCC2)CCN1C. The lowest BCUT2D eigenvalue weighted by Crippen LogP contribution is -2.48. The first kappa shape index (κ1) is 15.3. The van der Waals surface area contributed by atoms with E-state index in [1.165, 1.54) is 32.5 Å². The fourth-order valence-electron chi connectivity index (χ4n) is 2.10. The van der Waals surface area contributed by atoms with Crippen LogP contribution in [0.3, 0.4) is 0 Å². The highest BCUT2D eigenvalue weighted by atomic mass is 32.2. The lowest BCUT2D eigenvalue weighted by molar-refractivity contribution is 0.0985. The van der Waals surface area contributed by atoms with Crippen molar-refractivity contribution in [3.63, 3.8) is 0 Å². The van der Waals surface area contributed by atoms with E-state index < -0.39 is 0 Å². The predicted molar refractivity (Wildman–Crippen MR) is 76.4 cm³/mol. The van der Waals surface area contributed by atoms with Gasteiger partial charge in [0.25, 0.3) is 0 Å². The van der Waals surface area contributed by atoms with E-state index in [0.717, 1.165) is 18.5 Å². The molecular formula is C13H28N2OS. The third-order valence-electron chi connectivity index (χ3n) is 3.39. The maximum Gasteiger partial charge on any atom is 0.0477 e. The van der Waals surface area contributed by atoms with Crippen molar-refractivity contribution in [3.8, 4) is 0 Å². The lowest BCUT2D eigenvalue weighted by atomic mass is 10.2. The second-order valence-corrected chi connectivity index (χ2v) is 6.03. The van der Waals surface area contributed by atoms with E-state index in [-0.39, 0.29) is 0 Å². The van der Waals surface area contributed by atoms with Crippen molar-refractivity contribution in [1.82, 2.24) is 9.21 Å². The van der Waals surface area contributed by atoms with Gasteiger partial charge in [-0.15, -0.1) is 0 Å². The molecule has 2 rings (SSSR count). The Kier molecular flexibility index (Phi) is 7.51. The summed E-state index contributed by atoms with van der Waals surface area (Å²) in [5.41, 5.74) is 0. The maximum absolute atomic E-state index is 5.39. The Balaban J connectivity index is 0.000000686. The van der Waals surface area contributed by atoms with Gasteiger partial charge < -0.3 is 9.64 Å². The van der Waals surface area contributed by atoms with Gasteiger partial charge in [-0.2, -0.15) is 0 Å². The number of rotatable bonds is 2. The van der Waals surface area contributed by atoms with Crippen LogP contribution < -0.4 is 0 Å². The van der Waals surface area contributed by atoms with E-state index >= 15 is 0 Å². The van der Waals surface area contributed by atoms with Gasteiger partial charge in [-0.1, -0.05) is 25.8 Å². The van der Waals surface area contributed by atoms with Crippen molar-refractivity contribution in [2.75, 3.05) is 39.9 Å². The lowest BCUT2D eigenvalue weighted by Gasteiger charge is -2.38. The van der Waals surface area contributed by atoms with Crippen molar-refractivity contribution < 1.29 is 4.74 Å². The molecule has 0 N–H and O–H groups in total. The summed E-state index contributed by atoms with van der Waals surface area (Å²) in [5, 5.41) is 0.800. The van der Waals surface area contributed by atoms with Crippen LogP contribution in [0.4, 0.5) is 0 Å². The monoisotopic (exact) mass is 260 g/mol. The average Bonchev–Trinajstić information content (AvgIpc) is 2.38. The van der Waals surface area contributed by atoms with Gasteiger partial charge in [0.2, 0.25) is 0 Å². The predicted octanol–water partition coefficient (Wildman–Crippen LogP) is 2.48. The maximum atomic E-state index is 5.39. The Morgan fingerprint density at radius 1 is 1.12 bits per heavy atom. The molecule has 0 saturated carbocycles. The molecule has 102 valence electrons. The Morgan fingerprint density at radius 3 is 2.35 bits per heavy atom. The zero-order chi connectivity index (χ0) is 12.7. The summed E-state index contributed by atoms with van der Waals surface area (Å²) in [5.74, 6) is 0. The minimum Gasteiger partial charge on any atom is -0.381 e. The summed E-state index contributed by atoms with van der Waals surface area (Å²) >= 11 is 2.07. The second-order valence-electron chi connectivity index (χ2n) is 4.63. The van der Waals surface area contributed by atoms with Crippen LogP contribution in [0.1, 0.15) is 33.6 Å². The number of hydrogen-bond acceptors (Lipinski definition) is 4. The summed E-state index contributed by atoms with van der Waals surface area (Å²) in [6, 6.07) is 0.700. The Hall–Kier alpha value is 0.230. The summed E-state index contributed by atoms with van der Waals surface area (Å²) in [4.78, 5) is 2.45. The number of likely N-dealkylation sites (N-methyl/N-ethyl adjacent to an activating group) is 1. The highest BCUT2D eigenvalue weighted by molar-refractivity contribution is 7.97. The molecule has 17 heavy (non-hydrogen) atoms. The third-order valence-corrected chi connectivity index (χ3v) is 4.79. The summed E-state index contributed by atoms with van der Waals surface area (Å²) in [6.45, 7) is 11.9. The molecule has 0 amide bonds. The number of nitrogens with zero attached hydrogens (tertiary/aromatic N) is 2. The molecule has 1 unspecified atom stereocenters. The van der Waals surface area contributed by atoms with E-state index in [9.17, 15) is 0 Å². The van der Waals surface area contributed by atoms with Crippen molar-refractivity contribution in [2.45, 2.75) is 44.9 Å². The van der Waals surface area contributed by atoms with Gasteiger partial charge in [0, 0.05) is 44.1 Å². The minimum atomic E-state index is 0.700. The van der Waals surface area contributed by atoms with Crippen LogP contribution in [0.15, 0.2) is 0 Å². The first-order valence-corrected chi connectivity index (χ1v) is 7.79. The summed E-state index contributed by atoms with van der Waals surface area (Å²) in [6.07, 6.45) is 2.46. The fraction of sp³-hybridized carbons (Fsp3) is 1.00. The first-order valence-electron chi connectivity index (χ1n) is 6.95. The van der Waals surface area contributed by atoms with E-state index in [1.54, 1.807) is 0 Å². The molecule has 2 saturated heterocycles. The molecule has 3 nitrogen and oxygen atoms in total. The summed E-state index contributed by atoms with van der Waals surface area (Å²) < 4.78 is 7.94. The number of ether oxygens (including phenoxy) is 1. The Bertz CT molecular complexity index is 198. The van der Waals surface area contributed by atoms with Crippen LogP contribution in [-0.4, -0.2) is 60.4 Å². The molecule has 0 aliphatic carbocycles. The zero-order valence-corrected chi connectivity index (χ0v) is 12.6. The van der Waals surface area contributed by atoms with Crippen molar-refractivity contribution >= 4 is 11.9 Å². The van der Waals surface area contributed by atoms with E-state index in [4.69, 9.17) is 4.74 Å². The molecule has 0 radical (unpaired) electrons. The zero-order valence-electron chi connectivity index (χ0n) is 11.8. The number of piperazine rings is 1. The smallest absolute Gasteiger partial charge is 0.0477 e. The van der Waals surface area contributed by atoms with Crippen molar-refractivity contribution in [1.29, 1.82) is 0 Å². The van der Waals surface area contributed by atoms with Crippen LogP contribution in [0, 0.1) is 0 Å². The Morgan fingerprint density at radius 2 is 1.76 bits per heavy atom. The van der Waals surface area contributed by atoms with Crippen LogP contribution in [0.2, 0.25) is 0 Å². The van der Waals surface area contributed by atoms with Gasteiger partial charge >= 0.3 is 0 Å². The van der Waals surface area contributed by atoms with Gasteiger partial charge in [-0.05, 0) is 26.8 Å². The molecule has 2 aliphatic heterocycles. The normalized spacial score (nSPS) is 28.6. The Labute approximate surface area is 111 Å². The van der Waals surface area contributed by atoms with E-state index in [0.29, 0.717) is 6.04 Å². The van der Waals surface area contributed by atoms with Gasteiger partial charge in [-0.3, -0.25) is 0 Å². The standard InChI is InChI=1S/C11H22N2OS.C2H6/c1-10-9-13(6-5-12(10)2)15-11-3-7-14-8-4-11;1-2/h10-11H,3-9H2,1-2H3;1-2H3. The quantitative estimate of drug-likeness (QED) is 0.709. The van der Waals surface area contributed by atoms with Crippen LogP contribution in [0.25, 0.3) is 0 Å². The van der Waals surface area contributed by atoms with Gasteiger partial charge in [0.05, 0.1) is 0 Å². The molecule has 0 aromatic rings. The second kappa shape index (κ2) is 8.35. The molecule has 0 spiro atoms. The van der Waals surface area contributed by atoms with Crippen LogP contribution in [0.5, 0.6) is 0 Å². The van der Waals surface area contributed by atoms with Gasteiger partial charge in [0.1, 0.15) is 0 Å². The molecular weight excluding hydrogens is 232 g/mol. The molecule has 0 aromatic heterocycles. The molecule has 1 atom stereocenters. The molecule has 2 fully saturated rings. The molecule has 2 heterocycles. The first-order chi connectivity index (χ1) is 8.25. The highest BCUT2D eigenvalue weighted by Gasteiger charge is 2.24. The van der Waals surface area contributed by atoms with E-state index in [2.05, 4.69) is 35.1 Å². The van der Waals surface area contributed by atoms with Crippen molar-refractivity contribution in [2.24, 2.45) is 0 Å². The fourth-order valence-corrected chi connectivity index (χ4v) is 3.42. The molecule has 0 bridgehead atoms. The third kappa shape index (κ3) is 5.16. The van der Waals surface area contributed by atoms with Gasteiger partial charge in [-0.25, -0.2) is 4.31 Å². The highest BCUT2D eigenvalue weighted by Crippen LogP contribution is 2.27. The van der Waals surface area contributed by atoms with Gasteiger partial charge in [0.15, 0.2) is 0 Å². The van der Waals surface area contributed by atoms with Crippen molar-refractivity contribution in [3.05, 3.63) is 0 Å². The largest absolute Gasteiger partial charge is 0.381 e.